The van der Waals surface area contributed by atoms with E-state index in [0.29, 0.717) is 29.8 Å². The van der Waals surface area contributed by atoms with E-state index in [0.717, 1.165) is 17.8 Å². The molecule has 0 heterocycles. The number of carbonyl (C=O) groups is 2. The standard InChI is InChI=1S/C26H25NO5/c1-18(28)27(16-19-7-8-19)22-9-11-23(12-10-22)32-25-14-21(26(29)30)13-24(15-25)31-17-20-5-3-2-4-6-20/h2-6,9-15,19H,7-8,16-17H2,1H3,(H,29,30). The highest BCUT2D eigenvalue weighted by atomic mass is 16.5. The molecule has 0 spiro atoms. The number of rotatable bonds is 9. The van der Waals surface area contributed by atoms with Crippen LogP contribution in [0.15, 0.2) is 72.8 Å². The maximum Gasteiger partial charge on any atom is 0.335 e. The lowest BCUT2D eigenvalue weighted by molar-refractivity contribution is -0.116. The summed E-state index contributed by atoms with van der Waals surface area (Å²) in [6.45, 7) is 2.62. The van der Waals surface area contributed by atoms with Gasteiger partial charge in [-0.3, -0.25) is 4.79 Å². The van der Waals surface area contributed by atoms with Crippen molar-refractivity contribution in [1.29, 1.82) is 0 Å². The monoisotopic (exact) mass is 431 g/mol. The Kier molecular flexibility index (Phi) is 6.40. The van der Waals surface area contributed by atoms with E-state index in [9.17, 15) is 14.7 Å². The number of carboxylic acids is 1. The molecule has 0 bridgehead atoms. The number of amides is 1. The van der Waals surface area contributed by atoms with Gasteiger partial charge in [0.1, 0.15) is 23.9 Å². The zero-order chi connectivity index (χ0) is 22.5. The second-order valence-corrected chi connectivity index (χ2v) is 7.94. The Labute approximate surface area is 187 Å². The number of anilines is 1. The van der Waals surface area contributed by atoms with Crippen molar-refractivity contribution in [2.75, 3.05) is 11.4 Å². The first-order valence-electron chi connectivity index (χ1n) is 10.6. The summed E-state index contributed by atoms with van der Waals surface area (Å²) in [6, 6.07) is 21.5. The molecule has 1 fully saturated rings. The highest BCUT2D eigenvalue weighted by Crippen LogP contribution is 2.33. The second kappa shape index (κ2) is 9.56. The van der Waals surface area contributed by atoms with Gasteiger partial charge in [-0.05, 0) is 60.7 Å². The van der Waals surface area contributed by atoms with Crippen LogP contribution >= 0.6 is 0 Å². The zero-order valence-electron chi connectivity index (χ0n) is 17.9. The Balaban J connectivity index is 1.49. The fourth-order valence-corrected chi connectivity index (χ4v) is 3.38. The number of hydrogen-bond acceptors (Lipinski definition) is 4. The molecule has 0 aliphatic heterocycles. The van der Waals surface area contributed by atoms with Gasteiger partial charge in [0.15, 0.2) is 0 Å². The predicted molar refractivity (Wildman–Crippen MR) is 121 cm³/mol. The largest absolute Gasteiger partial charge is 0.489 e. The van der Waals surface area contributed by atoms with Crippen molar-refractivity contribution in [2.45, 2.75) is 26.4 Å². The van der Waals surface area contributed by atoms with Gasteiger partial charge in [0.25, 0.3) is 0 Å². The molecule has 1 amide bonds. The Morgan fingerprint density at radius 1 is 0.938 bits per heavy atom. The van der Waals surface area contributed by atoms with Crippen LogP contribution in [0.3, 0.4) is 0 Å². The summed E-state index contributed by atoms with van der Waals surface area (Å²) in [6.07, 6.45) is 2.33. The van der Waals surface area contributed by atoms with E-state index in [1.165, 1.54) is 25.0 Å². The van der Waals surface area contributed by atoms with Crippen LogP contribution in [0.2, 0.25) is 0 Å². The van der Waals surface area contributed by atoms with Gasteiger partial charge in [0.05, 0.1) is 5.56 Å². The molecule has 1 aliphatic carbocycles. The van der Waals surface area contributed by atoms with Crippen LogP contribution in [-0.4, -0.2) is 23.5 Å². The SMILES string of the molecule is CC(=O)N(CC1CC1)c1ccc(Oc2cc(OCc3ccccc3)cc(C(=O)O)c2)cc1. The number of carboxylic acid groups (broad SMARTS) is 1. The van der Waals surface area contributed by atoms with Crippen molar-refractivity contribution in [3.63, 3.8) is 0 Å². The smallest absolute Gasteiger partial charge is 0.335 e. The molecular weight excluding hydrogens is 406 g/mol. The van der Waals surface area contributed by atoms with E-state index >= 15 is 0 Å². The van der Waals surface area contributed by atoms with E-state index in [-0.39, 0.29) is 11.5 Å². The third kappa shape index (κ3) is 5.66. The molecule has 0 aromatic heterocycles. The highest BCUT2D eigenvalue weighted by Gasteiger charge is 2.26. The third-order valence-electron chi connectivity index (χ3n) is 5.28. The molecule has 6 heteroatoms. The topological polar surface area (TPSA) is 76.1 Å². The summed E-state index contributed by atoms with van der Waals surface area (Å²) < 4.78 is 11.7. The van der Waals surface area contributed by atoms with E-state index in [4.69, 9.17) is 9.47 Å². The average Bonchev–Trinajstić information content (AvgIpc) is 3.61. The maximum atomic E-state index is 12.0. The van der Waals surface area contributed by atoms with Crippen LogP contribution in [0.4, 0.5) is 5.69 Å². The van der Waals surface area contributed by atoms with Gasteiger partial charge in [-0.2, -0.15) is 0 Å². The quantitative estimate of drug-likeness (QED) is 0.483. The molecule has 1 aliphatic rings. The third-order valence-corrected chi connectivity index (χ3v) is 5.28. The maximum absolute atomic E-state index is 12.0. The summed E-state index contributed by atoms with van der Waals surface area (Å²) in [4.78, 5) is 25.4. The molecule has 164 valence electrons. The van der Waals surface area contributed by atoms with Crippen molar-refractivity contribution in [3.05, 3.63) is 83.9 Å². The fourth-order valence-electron chi connectivity index (χ4n) is 3.38. The molecule has 32 heavy (non-hydrogen) atoms. The molecule has 1 N–H and O–H groups in total. The van der Waals surface area contributed by atoms with Crippen LogP contribution < -0.4 is 14.4 Å². The first-order chi connectivity index (χ1) is 15.5. The number of benzene rings is 3. The van der Waals surface area contributed by atoms with Crippen LogP contribution in [-0.2, 0) is 11.4 Å². The Morgan fingerprint density at radius 3 is 2.25 bits per heavy atom. The molecule has 4 rings (SSSR count). The molecule has 3 aromatic rings. The van der Waals surface area contributed by atoms with Gasteiger partial charge in [0.2, 0.25) is 5.91 Å². The second-order valence-electron chi connectivity index (χ2n) is 7.94. The first kappa shape index (κ1) is 21.4. The molecular formula is C26H25NO5. The first-order valence-corrected chi connectivity index (χ1v) is 10.6. The summed E-state index contributed by atoms with van der Waals surface area (Å²) in [5.74, 6) is 0.852. The number of aromatic carboxylic acids is 1. The number of ether oxygens (including phenoxy) is 2. The predicted octanol–water partition coefficient (Wildman–Crippen LogP) is 5.52. The number of nitrogens with zero attached hydrogens (tertiary/aromatic N) is 1. The Morgan fingerprint density at radius 2 is 1.62 bits per heavy atom. The molecule has 0 atom stereocenters. The Bertz CT molecular complexity index is 1090. The fraction of sp³-hybridized carbons (Fsp3) is 0.231. The molecule has 1 saturated carbocycles. The summed E-state index contributed by atoms with van der Waals surface area (Å²) in [7, 11) is 0. The number of carbonyl (C=O) groups excluding carboxylic acids is 1. The van der Waals surface area contributed by atoms with Crippen LogP contribution in [0.5, 0.6) is 17.2 Å². The van der Waals surface area contributed by atoms with Gasteiger partial charge < -0.3 is 19.5 Å². The Hall–Kier alpha value is -3.80. The van der Waals surface area contributed by atoms with E-state index in [1.807, 2.05) is 42.5 Å². The summed E-state index contributed by atoms with van der Waals surface area (Å²) in [5, 5.41) is 9.46. The number of hydrogen-bond donors (Lipinski definition) is 1. The lowest BCUT2D eigenvalue weighted by atomic mass is 10.2. The van der Waals surface area contributed by atoms with Gasteiger partial charge >= 0.3 is 5.97 Å². The molecule has 6 nitrogen and oxygen atoms in total. The normalized spacial score (nSPS) is 12.8. The lowest BCUT2D eigenvalue weighted by Gasteiger charge is -2.21. The van der Waals surface area contributed by atoms with Gasteiger partial charge in [-0.15, -0.1) is 0 Å². The van der Waals surface area contributed by atoms with Gasteiger partial charge in [-0.25, -0.2) is 4.79 Å². The molecule has 0 radical (unpaired) electrons. The van der Waals surface area contributed by atoms with Crippen molar-refractivity contribution >= 4 is 17.6 Å². The molecule has 0 saturated heterocycles. The van der Waals surface area contributed by atoms with Crippen molar-refractivity contribution in [2.24, 2.45) is 5.92 Å². The summed E-state index contributed by atoms with van der Waals surface area (Å²) in [5.41, 5.74) is 1.88. The van der Waals surface area contributed by atoms with Crippen molar-refractivity contribution in [1.82, 2.24) is 0 Å². The molecule has 0 unspecified atom stereocenters. The van der Waals surface area contributed by atoms with Gasteiger partial charge in [-0.1, -0.05) is 30.3 Å². The van der Waals surface area contributed by atoms with Crippen LogP contribution in [0.1, 0.15) is 35.7 Å². The van der Waals surface area contributed by atoms with Crippen LogP contribution in [0, 0.1) is 5.92 Å². The zero-order valence-corrected chi connectivity index (χ0v) is 17.9. The lowest BCUT2D eigenvalue weighted by Crippen LogP contribution is -2.30. The van der Waals surface area contributed by atoms with Crippen molar-refractivity contribution in [3.8, 4) is 17.2 Å². The van der Waals surface area contributed by atoms with Gasteiger partial charge in [0, 0.05) is 25.2 Å². The van der Waals surface area contributed by atoms with E-state index < -0.39 is 5.97 Å². The van der Waals surface area contributed by atoms with Crippen LogP contribution in [0.25, 0.3) is 0 Å². The minimum atomic E-state index is -1.06. The molecule has 3 aromatic carbocycles. The highest BCUT2D eigenvalue weighted by molar-refractivity contribution is 5.91. The minimum absolute atomic E-state index is 0.0138. The van der Waals surface area contributed by atoms with E-state index in [2.05, 4.69) is 0 Å². The average molecular weight is 431 g/mol. The van der Waals surface area contributed by atoms with Crippen molar-refractivity contribution < 1.29 is 24.2 Å². The minimum Gasteiger partial charge on any atom is -0.489 e. The van der Waals surface area contributed by atoms with E-state index in [1.54, 1.807) is 30.0 Å². The summed E-state index contributed by atoms with van der Waals surface area (Å²) >= 11 is 0.